The number of methoxy groups -OCH3 is 1. The molecule has 1 N–H and O–H groups in total. The second-order valence-corrected chi connectivity index (χ2v) is 5.84. The fourth-order valence-electron chi connectivity index (χ4n) is 2.47. The van der Waals surface area contributed by atoms with E-state index in [1.165, 1.54) is 32.8 Å². The van der Waals surface area contributed by atoms with Crippen LogP contribution in [0.25, 0.3) is 0 Å². The number of rotatable bonds is 14. The molecule has 0 aromatic rings. The van der Waals surface area contributed by atoms with Gasteiger partial charge < -0.3 is 14.8 Å². The molecule has 0 radical (unpaired) electrons. The lowest BCUT2D eigenvalue weighted by Crippen LogP contribution is -2.50. The summed E-state index contributed by atoms with van der Waals surface area (Å²) in [6.07, 6.45) is 9.11. The van der Waals surface area contributed by atoms with Gasteiger partial charge in [0.15, 0.2) is 0 Å². The van der Waals surface area contributed by atoms with Crippen molar-refractivity contribution in [1.82, 2.24) is 5.32 Å². The Kier molecular flexibility index (Phi) is 12.7. The van der Waals surface area contributed by atoms with Crippen molar-refractivity contribution in [2.45, 2.75) is 77.7 Å². The Morgan fingerprint density at radius 1 is 1.00 bits per heavy atom. The van der Waals surface area contributed by atoms with Crippen LogP contribution in [0.5, 0.6) is 0 Å². The minimum absolute atomic E-state index is 0.179. The second-order valence-electron chi connectivity index (χ2n) is 5.84. The summed E-state index contributed by atoms with van der Waals surface area (Å²) in [5, 5.41) is 3.23. The van der Waals surface area contributed by atoms with Gasteiger partial charge in [-0.05, 0) is 39.2 Å². The maximum atomic E-state index is 11.8. The molecule has 0 aromatic heterocycles. The predicted molar refractivity (Wildman–Crippen MR) is 87.5 cm³/mol. The van der Waals surface area contributed by atoms with Crippen LogP contribution in [-0.4, -0.2) is 38.4 Å². The number of hydrogen-bond acceptors (Lipinski definition) is 4. The third-order valence-electron chi connectivity index (χ3n) is 3.81. The zero-order valence-electron chi connectivity index (χ0n) is 14.5. The Morgan fingerprint density at radius 2 is 1.62 bits per heavy atom. The van der Waals surface area contributed by atoms with Gasteiger partial charge in [0, 0.05) is 13.2 Å². The highest BCUT2D eigenvalue weighted by molar-refractivity contribution is 5.80. The zero-order chi connectivity index (χ0) is 16.0. The number of likely N-dealkylation sites (N-methyl/N-ethyl adjacent to an activating group) is 1. The molecular formula is C17H35NO3. The van der Waals surface area contributed by atoms with Crippen LogP contribution in [0.1, 0.15) is 72.1 Å². The van der Waals surface area contributed by atoms with E-state index in [4.69, 9.17) is 9.47 Å². The van der Waals surface area contributed by atoms with Gasteiger partial charge in [-0.2, -0.15) is 0 Å². The smallest absolute Gasteiger partial charge is 0.325 e. The normalized spacial score (nSPS) is 13.9. The van der Waals surface area contributed by atoms with Crippen LogP contribution in [0.3, 0.4) is 0 Å². The highest BCUT2D eigenvalue weighted by Gasteiger charge is 2.32. The number of esters is 1. The molecule has 126 valence electrons. The van der Waals surface area contributed by atoms with Gasteiger partial charge in [0.1, 0.15) is 5.54 Å². The molecule has 0 aliphatic rings. The quantitative estimate of drug-likeness (QED) is 0.393. The molecule has 4 heteroatoms. The van der Waals surface area contributed by atoms with E-state index in [1.54, 1.807) is 0 Å². The van der Waals surface area contributed by atoms with Gasteiger partial charge in [-0.1, -0.05) is 39.5 Å². The zero-order valence-corrected chi connectivity index (χ0v) is 14.5. The molecular weight excluding hydrogens is 266 g/mol. The number of unbranched alkanes of at least 4 members (excludes halogenated alkanes) is 5. The second kappa shape index (κ2) is 13.1. The maximum absolute atomic E-state index is 11.8. The summed E-state index contributed by atoms with van der Waals surface area (Å²) in [6, 6.07) is 0. The average molecular weight is 301 g/mol. The molecule has 1 atom stereocenters. The van der Waals surface area contributed by atoms with Crippen LogP contribution in [0.15, 0.2) is 0 Å². The Morgan fingerprint density at radius 3 is 2.19 bits per heavy atom. The van der Waals surface area contributed by atoms with E-state index < -0.39 is 5.54 Å². The van der Waals surface area contributed by atoms with Crippen molar-refractivity contribution in [1.29, 1.82) is 0 Å². The van der Waals surface area contributed by atoms with Gasteiger partial charge in [-0.25, -0.2) is 0 Å². The van der Waals surface area contributed by atoms with Crippen molar-refractivity contribution < 1.29 is 14.3 Å². The molecule has 0 amide bonds. The molecule has 0 saturated heterocycles. The van der Waals surface area contributed by atoms with Crippen LogP contribution in [0.4, 0.5) is 0 Å². The molecule has 0 heterocycles. The third-order valence-corrected chi connectivity index (χ3v) is 3.81. The van der Waals surface area contributed by atoms with Crippen LogP contribution in [0.2, 0.25) is 0 Å². The number of ether oxygens (including phenoxy) is 2. The van der Waals surface area contributed by atoms with Crippen molar-refractivity contribution in [3.63, 3.8) is 0 Å². The summed E-state index contributed by atoms with van der Waals surface area (Å²) in [7, 11) is 1.44. The molecule has 0 rings (SSSR count). The third kappa shape index (κ3) is 9.86. The lowest BCUT2D eigenvalue weighted by Gasteiger charge is -2.27. The number of nitrogens with one attached hydrogen (secondary N) is 1. The summed E-state index contributed by atoms with van der Waals surface area (Å²) in [6.45, 7) is 8.56. The fourth-order valence-corrected chi connectivity index (χ4v) is 2.47. The van der Waals surface area contributed by atoms with Gasteiger partial charge in [0.05, 0.1) is 7.11 Å². The Balaban J connectivity index is 3.61. The first-order valence-electron chi connectivity index (χ1n) is 8.52. The van der Waals surface area contributed by atoms with E-state index in [2.05, 4.69) is 12.2 Å². The standard InChI is InChI=1S/C17H35NO3/c1-5-7-8-9-11-14-21-15-12-10-13-17(3,18-6-2)16(19)20-4/h18H,5-15H2,1-4H3. The predicted octanol–water partition coefficient (Wildman–Crippen LogP) is 3.68. The van der Waals surface area contributed by atoms with Gasteiger partial charge in [-0.3, -0.25) is 4.79 Å². The van der Waals surface area contributed by atoms with Crippen molar-refractivity contribution in [3.05, 3.63) is 0 Å². The van der Waals surface area contributed by atoms with Crippen LogP contribution >= 0.6 is 0 Å². The molecule has 21 heavy (non-hydrogen) atoms. The van der Waals surface area contributed by atoms with Crippen molar-refractivity contribution in [2.75, 3.05) is 26.9 Å². The summed E-state index contributed by atoms with van der Waals surface area (Å²) in [5.41, 5.74) is -0.566. The van der Waals surface area contributed by atoms with Crippen LogP contribution < -0.4 is 5.32 Å². The minimum atomic E-state index is -0.566. The molecule has 0 aliphatic heterocycles. The molecule has 0 bridgehead atoms. The Hall–Kier alpha value is -0.610. The maximum Gasteiger partial charge on any atom is 0.325 e. The SMILES string of the molecule is CCCCCCCOCCCCC(C)(NCC)C(=O)OC. The van der Waals surface area contributed by atoms with Gasteiger partial charge in [0.25, 0.3) is 0 Å². The van der Waals surface area contributed by atoms with E-state index >= 15 is 0 Å². The summed E-state index contributed by atoms with van der Waals surface area (Å²) >= 11 is 0. The molecule has 1 unspecified atom stereocenters. The Labute approximate surface area is 131 Å². The number of hydrogen-bond donors (Lipinski definition) is 1. The Bertz CT molecular complexity index is 258. The highest BCUT2D eigenvalue weighted by atomic mass is 16.5. The highest BCUT2D eigenvalue weighted by Crippen LogP contribution is 2.16. The van der Waals surface area contributed by atoms with Gasteiger partial charge in [0.2, 0.25) is 0 Å². The molecule has 0 saturated carbocycles. The first-order valence-corrected chi connectivity index (χ1v) is 8.52. The van der Waals surface area contributed by atoms with Gasteiger partial charge in [-0.15, -0.1) is 0 Å². The molecule has 0 fully saturated rings. The molecule has 0 spiro atoms. The average Bonchev–Trinajstić information content (AvgIpc) is 2.48. The van der Waals surface area contributed by atoms with E-state index in [1.807, 2.05) is 13.8 Å². The van der Waals surface area contributed by atoms with Gasteiger partial charge >= 0.3 is 5.97 Å². The lowest BCUT2D eigenvalue weighted by atomic mass is 9.95. The molecule has 0 aliphatic carbocycles. The summed E-state index contributed by atoms with van der Waals surface area (Å²) < 4.78 is 10.5. The minimum Gasteiger partial charge on any atom is -0.468 e. The topological polar surface area (TPSA) is 47.6 Å². The van der Waals surface area contributed by atoms with Crippen molar-refractivity contribution in [3.8, 4) is 0 Å². The lowest BCUT2D eigenvalue weighted by molar-refractivity contribution is -0.148. The van der Waals surface area contributed by atoms with Crippen LogP contribution in [-0.2, 0) is 14.3 Å². The molecule has 0 aromatic carbocycles. The monoisotopic (exact) mass is 301 g/mol. The molecule has 4 nitrogen and oxygen atoms in total. The van der Waals surface area contributed by atoms with E-state index in [-0.39, 0.29) is 5.97 Å². The largest absolute Gasteiger partial charge is 0.468 e. The van der Waals surface area contributed by atoms with Crippen LogP contribution in [0, 0.1) is 0 Å². The number of carbonyl (C=O) groups excluding carboxylic acids is 1. The first-order chi connectivity index (χ1) is 10.1. The fraction of sp³-hybridized carbons (Fsp3) is 0.941. The summed E-state index contributed by atoms with van der Waals surface area (Å²) in [5.74, 6) is -0.179. The van der Waals surface area contributed by atoms with E-state index in [0.29, 0.717) is 0 Å². The van der Waals surface area contributed by atoms with Crippen molar-refractivity contribution in [2.24, 2.45) is 0 Å². The van der Waals surface area contributed by atoms with E-state index in [9.17, 15) is 4.79 Å². The van der Waals surface area contributed by atoms with Crippen molar-refractivity contribution >= 4 is 5.97 Å². The van der Waals surface area contributed by atoms with E-state index in [0.717, 1.165) is 45.4 Å². The first kappa shape index (κ1) is 20.4. The summed E-state index contributed by atoms with van der Waals surface area (Å²) in [4.78, 5) is 11.8. The number of carbonyl (C=O) groups is 1.